The topological polar surface area (TPSA) is 32.3 Å². The summed E-state index contributed by atoms with van der Waals surface area (Å²) in [5.41, 5.74) is 0.222. The molecule has 1 aliphatic carbocycles. The van der Waals surface area contributed by atoms with E-state index in [4.69, 9.17) is 0 Å². The molecule has 2 nitrogen and oxygen atoms in total. The summed E-state index contributed by atoms with van der Waals surface area (Å²) in [6, 6.07) is 0. The molecular formula is C17H35NO. The molecular weight excluding hydrogens is 234 g/mol. The largest absolute Gasteiger partial charge is 0.396 e. The van der Waals surface area contributed by atoms with Crippen molar-refractivity contribution in [3.63, 3.8) is 0 Å². The molecule has 0 spiro atoms. The van der Waals surface area contributed by atoms with Gasteiger partial charge in [0.15, 0.2) is 0 Å². The van der Waals surface area contributed by atoms with Crippen molar-refractivity contribution in [2.24, 2.45) is 5.41 Å². The van der Waals surface area contributed by atoms with E-state index in [1.807, 2.05) is 0 Å². The van der Waals surface area contributed by atoms with Crippen molar-refractivity contribution < 1.29 is 5.11 Å². The van der Waals surface area contributed by atoms with Crippen LogP contribution in [0.15, 0.2) is 0 Å². The minimum atomic E-state index is 0.222. The average molecular weight is 269 g/mol. The van der Waals surface area contributed by atoms with Crippen LogP contribution in [-0.4, -0.2) is 24.8 Å². The van der Waals surface area contributed by atoms with Gasteiger partial charge in [-0.15, -0.1) is 0 Å². The third-order valence-corrected chi connectivity index (χ3v) is 4.71. The molecule has 0 atom stereocenters. The number of aliphatic hydroxyl groups excluding tert-OH is 1. The molecule has 1 saturated carbocycles. The Morgan fingerprint density at radius 1 is 0.895 bits per heavy atom. The highest BCUT2D eigenvalue weighted by Gasteiger charge is 2.32. The smallest absolute Gasteiger partial charge is 0.0499 e. The molecule has 0 heterocycles. The highest BCUT2D eigenvalue weighted by atomic mass is 16.3. The molecule has 1 rings (SSSR count). The molecule has 2 N–H and O–H groups in total. The third kappa shape index (κ3) is 7.31. The summed E-state index contributed by atoms with van der Waals surface area (Å²) < 4.78 is 0. The normalized spacial score (nSPS) is 18.0. The van der Waals surface area contributed by atoms with Crippen molar-refractivity contribution in [1.82, 2.24) is 5.32 Å². The Labute approximate surface area is 120 Å². The maximum Gasteiger partial charge on any atom is 0.0499 e. The first-order chi connectivity index (χ1) is 9.33. The van der Waals surface area contributed by atoms with Crippen molar-refractivity contribution in [3.05, 3.63) is 0 Å². The van der Waals surface area contributed by atoms with Gasteiger partial charge in [-0.05, 0) is 25.8 Å². The molecule has 2 heteroatoms. The van der Waals surface area contributed by atoms with Gasteiger partial charge >= 0.3 is 0 Å². The van der Waals surface area contributed by atoms with E-state index in [-0.39, 0.29) is 5.41 Å². The second-order valence-corrected chi connectivity index (χ2v) is 6.52. The number of hydrogen-bond donors (Lipinski definition) is 2. The predicted molar refractivity (Wildman–Crippen MR) is 83.5 cm³/mol. The lowest BCUT2D eigenvalue weighted by atomic mass is 9.87. The van der Waals surface area contributed by atoms with Crippen LogP contribution in [0.2, 0.25) is 0 Å². The SMILES string of the molecule is CCCCCCCCCCNCC1(CO)CCCC1. The van der Waals surface area contributed by atoms with Gasteiger partial charge in [-0.1, -0.05) is 64.7 Å². The minimum Gasteiger partial charge on any atom is -0.396 e. The summed E-state index contributed by atoms with van der Waals surface area (Å²) in [6.45, 7) is 4.81. The lowest BCUT2D eigenvalue weighted by Gasteiger charge is -2.26. The van der Waals surface area contributed by atoms with Crippen LogP contribution in [0.5, 0.6) is 0 Å². The van der Waals surface area contributed by atoms with Crippen LogP contribution in [0.25, 0.3) is 0 Å². The van der Waals surface area contributed by atoms with Crippen molar-refractivity contribution in [2.45, 2.75) is 84.0 Å². The number of rotatable bonds is 12. The zero-order valence-electron chi connectivity index (χ0n) is 13.1. The van der Waals surface area contributed by atoms with Gasteiger partial charge in [0.1, 0.15) is 0 Å². The lowest BCUT2D eigenvalue weighted by molar-refractivity contribution is 0.128. The summed E-state index contributed by atoms with van der Waals surface area (Å²) in [5, 5.41) is 13.1. The minimum absolute atomic E-state index is 0.222. The molecule has 1 fully saturated rings. The Morgan fingerprint density at radius 3 is 2.05 bits per heavy atom. The van der Waals surface area contributed by atoms with E-state index < -0.39 is 0 Å². The molecule has 0 aromatic rings. The van der Waals surface area contributed by atoms with E-state index in [2.05, 4.69) is 12.2 Å². The fourth-order valence-corrected chi connectivity index (χ4v) is 3.25. The van der Waals surface area contributed by atoms with Gasteiger partial charge in [-0.25, -0.2) is 0 Å². The number of aliphatic hydroxyl groups is 1. The number of hydrogen-bond acceptors (Lipinski definition) is 2. The van der Waals surface area contributed by atoms with E-state index >= 15 is 0 Å². The quantitative estimate of drug-likeness (QED) is 0.519. The molecule has 114 valence electrons. The van der Waals surface area contributed by atoms with Gasteiger partial charge in [0.05, 0.1) is 0 Å². The Hall–Kier alpha value is -0.0800. The first-order valence-electron chi connectivity index (χ1n) is 8.64. The van der Waals surface area contributed by atoms with E-state index in [1.165, 1.54) is 77.0 Å². The summed E-state index contributed by atoms with van der Waals surface area (Å²) in [7, 11) is 0. The van der Waals surface area contributed by atoms with Gasteiger partial charge < -0.3 is 10.4 Å². The van der Waals surface area contributed by atoms with Crippen molar-refractivity contribution in [2.75, 3.05) is 19.7 Å². The molecule has 0 aromatic heterocycles. The first kappa shape index (κ1) is 17.0. The maximum absolute atomic E-state index is 9.52. The van der Waals surface area contributed by atoms with Crippen LogP contribution in [0, 0.1) is 5.41 Å². The molecule has 0 aliphatic heterocycles. The zero-order valence-corrected chi connectivity index (χ0v) is 13.1. The summed E-state index contributed by atoms with van der Waals surface area (Å²) >= 11 is 0. The van der Waals surface area contributed by atoms with E-state index in [0.717, 1.165) is 13.1 Å². The van der Waals surface area contributed by atoms with Crippen molar-refractivity contribution in [1.29, 1.82) is 0 Å². The maximum atomic E-state index is 9.52. The zero-order chi connectivity index (χ0) is 13.8. The molecule has 0 bridgehead atoms. The molecule has 0 aromatic carbocycles. The first-order valence-corrected chi connectivity index (χ1v) is 8.64. The van der Waals surface area contributed by atoms with Gasteiger partial charge in [-0.3, -0.25) is 0 Å². The highest BCUT2D eigenvalue weighted by molar-refractivity contribution is 4.85. The van der Waals surface area contributed by atoms with Gasteiger partial charge in [-0.2, -0.15) is 0 Å². The number of nitrogens with one attached hydrogen (secondary N) is 1. The predicted octanol–water partition coefficient (Wildman–Crippen LogP) is 4.27. The second kappa shape index (κ2) is 10.7. The summed E-state index contributed by atoms with van der Waals surface area (Å²) in [5.74, 6) is 0. The third-order valence-electron chi connectivity index (χ3n) is 4.71. The van der Waals surface area contributed by atoms with Crippen LogP contribution in [-0.2, 0) is 0 Å². The standard InChI is InChI=1S/C17H35NO/c1-2-3-4-5-6-7-8-11-14-18-15-17(16-19)12-9-10-13-17/h18-19H,2-16H2,1H3. The molecule has 0 saturated heterocycles. The Morgan fingerprint density at radius 2 is 1.47 bits per heavy atom. The van der Waals surface area contributed by atoms with Gasteiger partial charge in [0.2, 0.25) is 0 Å². The van der Waals surface area contributed by atoms with Gasteiger partial charge in [0.25, 0.3) is 0 Å². The van der Waals surface area contributed by atoms with E-state index in [9.17, 15) is 5.11 Å². The monoisotopic (exact) mass is 269 g/mol. The Kier molecular flexibility index (Phi) is 9.54. The van der Waals surface area contributed by atoms with Crippen LogP contribution in [0.3, 0.4) is 0 Å². The molecule has 19 heavy (non-hydrogen) atoms. The number of unbranched alkanes of at least 4 members (excludes halogenated alkanes) is 7. The molecule has 0 unspecified atom stereocenters. The molecule has 0 radical (unpaired) electrons. The summed E-state index contributed by atoms with van der Waals surface area (Å²) in [6.07, 6.45) is 16.1. The van der Waals surface area contributed by atoms with Crippen LogP contribution in [0.1, 0.15) is 84.0 Å². The van der Waals surface area contributed by atoms with Gasteiger partial charge in [0, 0.05) is 18.6 Å². The molecule has 1 aliphatic rings. The van der Waals surface area contributed by atoms with E-state index in [0.29, 0.717) is 6.61 Å². The fraction of sp³-hybridized carbons (Fsp3) is 1.00. The van der Waals surface area contributed by atoms with E-state index in [1.54, 1.807) is 0 Å². The van der Waals surface area contributed by atoms with Crippen molar-refractivity contribution in [3.8, 4) is 0 Å². The van der Waals surface area contributed by atoms with Crippen LogP contribution >= 0.6 is 0 Å². The van der Waals surface area contributed by atoms with Crippen LogP contribution < -0.4 is 5.32 Å². The molecule has 0 amide bonds. The second-order valence-electron chi connectivity index (χ2n) is 6.52. The Balaban J connectivity index is 1.85. The van der Waals surface area contributed by atoms with Crippen LogP contribution in [0.4, 0.5) is 0 Å². The Bertz CT molecular complexity index is 199. The lowest BCUT2D eigenvalue weighted by Crippen LogP contribution is -2.35. The highest BCUT2D eigenvalue weighted by Crippen LogP contribution is 2.36. The fourth-order valence-electron chi connectivity index (χ4n) is 3.25. The van der Waals surface area contributed by atoms with Crippen molar-refractivity contribution >= 4 is 0 Å². The summed E-state index contributed by atoms with van der Waals surface area (Å²) in [4.78, 5) is 0. The average Bonchev–Trinajstić information content (AvgIpc) is 2.90.